The highest BCUT2D eigenvalue weighted by Crippen LogP contribution is 2.29. The van der Waals surface area contributed by atoms with Crippen LogP contribution in [-0.4, -0.2) is 75.0 Å². The molecule has 2 atom stereocenters. The maximum Gasteiger partial charge on any atom is 0.449 e. The van der Waals surface area contributed by atoms with Gasteiger partial charge in [0.25, 0.3) is 11.5 Å². The minimum absolute atomic E-state index is 0.0462. The van der Waals surface area contributed by atoms with E-state index in [-0.39, 0.29) is 18.6 Å². The number of nitrogens with one attached hydrogen (secondary N) is 3. The molecule has 1 amide bonds. The molecule has 2 aromatic carbocycles. The van der Waals surface area contributed by atoms with Gasteiger partial charge in [0.15, 0.2) is 0 Å². The molecule has 3 N–H and O–H groups in total. The molecule has 0 radical (unpaired) electrons. The van der Waals surface area contributed by atoms with Crippen molar-refractivity contribution < 1.29 is 31.9 Å². The summed E-state index contributed by atoms with van der Waals surface area (Å²) in [5.74, 6) is -5.37. The van der Waals surface area contributed by atoms with Crippen molar-refractivity contribution in [2.24, 2.45) is 0 Å². The molecule has 0 bridgehead atoms. The number of H-pyrrole nitrogens is 1. The number of halogens is 4. The van der Waals surface area contributed by atoms with Gasteiger partial charge in [0.05, 0.1) is 35.7 Å². The predicted molar refractivity (Wildman–Crippen MR) is 140 cm³/mol. The third-order valence-electron chi connectivity index (χ3n) is 6.70. The van der Waals surface area contributed by atoms with Crippen LogP contribution in [0.25, 0.3) is 10.8 Å². The van der Waals surface area contributed by atoms with Gasteiger partial charge in [0.1, 0.15) is 17.7 Å². The zero-order chi connectivity index (χ0) is 30.1. The van der Waals surface area contributed by atoms with E-state index in [4.69, 9.17) is 15.6 Å². The molecule has 2 unspecified atom stereocenters. The van der Waals surface area contributed by atoms with E-state index in [9.17, 15) is 27.6 Å². The normalized spacial score (nSPS) is 17.6. The van der Waals surface area contributed by atoms with Crippen molar-refractivity contribution in [2.45, 2.75) is 44.9 Å². The van der Waals surface area contributed by atoms with Gasteiger partial charge in [-0.1, -0.05) is 24.3 Å². The van der Waals surface area contributed by atoms with Gasteiger partial charge in [0, 0.05) is 18.4 Å². The van der Waals surface area contributed by atoms with Crippen LogP contribution in [0, 0.1) is 16.6 Å². The molecule has 1 saturated heterocycles. The Labute approximate surface area is 230 Å². The molecule has 1 fully saturated rings. The van der Waals surface area contributed by atoms with Gasteiger partial charge in [-0.15, -0.1) is 0 Å². The van der Waals surface area contributed by atoms with E-state index >= 15 is 4.39 Å². The van der Waals surface area contributed by atoms with E-state index in [1.54, 1.807) is 24.3 Å². The Hall–Kier alpha value is -4.62. The zero-order valence-electron chi connectivity index (χ0n) is 22.0. The second-order valence-corrected chi connectivity index (χ2v) is 9.47. The van der Waals surface area contributed by atoms with Crippen LogP contribution in [0.5, 0.6) is 0 Å². The fourth-order valence-corrected chi connectivity index (χ4v) is 4.83. The van der Waals surface area contributed by atoms with Gasteiger partial charge in [-0.25, -0.2) is 9.49 Å². The first-order chi connectivity index (χ1) is 19.3. The Morgan fingerprint density at radius 3 is 2.51 bits per heavy atom. The number of amidine groups is 2. The largest absolute Gasteiger partial charge is 0.466 e. The maximum atomic E-state index is 15.0. The molecule has 1 aromatic heterocycles. The van der Waals surface area contributed by atoms with Crippen molar-refractivity contribution in [3.63, 3.8) is 0 Å². The molecule has 4 rings (SSSR count). The van der Waals surface area contributed by atoms with Crippen LogP contribution in [0.3, 0.4) is 0 Å². The lowest BCUT2D eigenvalue weighted by Gasteiger charge is -2.46. The molecular weight excluding hydrogens is 548 g/mol. The van der Waals surface area contributed by atoms with E-state index < -0.39 is 66.2 Å². The number of ether oxygens (including phenoxy) is 1. The van der Waals surface area contributed by atoms with Gasteiger partial charge in [-0.2, -0.15) is 18.3 Å². The van der Waals surface area contributed by atoms with Crippen molar-refractivity contribution in [1.29, 1.82) is 10.8 Å². The number of carbonyl (C=O) groups is 2. The number of carbonyl (C=O) groups excluding carboxylic acids is 2. The molecule has 0 saturated carbocycles. The molecular formula is C27H26F4N6O4. The lowest BCUT2D eigenvalue weighted by atomic mass is 9.98. The van der Waals surface area contributed by atoms with Crippen molar-refractivity contribution in [1.82, 2.24) is 20.0 Å². The second kappa shape index (κ2) is 11.5. The van der Waals surface area contributed by atoms with Crippen molar-refractivity contribution in [3.05, 3.63) is 75.5 Å². The van der Waals surface area contributed by atoms with Crippen molar-refractivity contribution in [3.8, 4) is 0 Å². The Bertz CT molecular complexity index is 1590. The number of piperazine rings is 1. The van der Waals surface area contributed by atoms with Crippen LogP contribution < -0.4 is 5.56 Å². The Morgan fingerprint density at radius 1 is 1.17 bits per heavy atom. The number of benzene rings is 2. The Kier molecular flexibility index (Phi) is 8.22. The van der Waals surface area contributed by atoms with E-state index in [1.807, 2.05) is 0 Å². The van der Waals surface area contributed by atoms with Crippen LogP contribution in [0.1, 0.15) is 41.9 Å². The van der Waals surface area contributed by atoms with Crippen molar-refractivity contribution >= 4 is 34.3 Å². The molecule has 2 heterocycles. The van der Waals surface area contributed by atoms with E-state index in [2.05, 4.69) is 10.2 Å². The summed E-state index contributed by atoms with van der Waals surface area (Å²) in [4.78, 5) is 39.5. The molecule has 10 nitrogen and oxygen atoms in total. The molecule has 14 heteroatoms. The average Bonchev–Trinajstić information content (AvgIpc) is 2.92. The average molecular weight is 575 g/mol. The summed E-state index contributed by atoms with van der Waals surface area (Å²) in [7, 11) is 0. The summed E-state index contributed by atoms with van der Waals surface area (Å²) in [6.45, 7) is 2.33. The third kappa shape index (κ3) is 5.95. The predicted octanol–water partition coefficient (Wildman–Crippen LogP) is 3.64. The molecule has 0 aliphatic carbocycles. The number of rotatable bonds is 6. The first kappa shape index (κ1) is 29.4. The first-order valence-electron chi connectivity index (χ1n) is 12.6. The summed E-state index contributed by atoms with van der Waals surface area (Å²) in [6.07, 6.45) is -5.64. The highest BCUT2D eigenvalue weighted by molar-refractivity contribution is 6.07. The van der Waals surface area contributed by atoms with Crippen LogP contribution in [-0.2, 0) is 16.0 Å². The molecule has 1 aliphatic heterocycles. The quantitative estimate of drug-likeness (QED) is 0.178. The lowest BCUT2D eigenvalue weighted by Crippen LogP contribution is -2.65. The van der Waals surface area contributed by atoms with Gasteiger partial charge in [0.2, 0.25) is 5.84 Å². The minimum atomic E-state index is -5.08. The molecule has 0 spiro atoms. The number of esters is 1. The van der Waals surface area contributed by atoms with E-state index in [0.717, 1.165) is 11.0 Å². The molecule has 1 aliphatic rings. The first-order valence-corrected chi connectivity index (χ1v) is 12.6. The number of fused-ring (bicyclic) bond motifs is 1. The van der Waals surface area contributed by atoms with Crippen LogP contribution in [0.4, 0.5) is 17.6 Å². The number of aromatic nitrogens is 2. The smallest absolute Gasteiger partial charge is 0.449 e. The number of hydrogen-bond acceptors (Lipinski definition) is 7. The Morgan fingerprint density at radius 2 is 1.85 bits per heavy atom. The summed E-state index contributed by atoms with van der Waals surface area (Å²) in [5.41, 5.74) is 0.0905. The SMILES string of the molecule is CCOC(=O)CC1C(=N)N(C(=N)C(F)(F)F)C(C)CN1C(=O)c1cc(Cc2n[nH]c(=O)c3ccccc23)ccc1F. The number of hydrogen-bond donors (Lipinski definition) is 3. The summed E-state index contributed by atoms with van der Waals surface area (Å²) in [6, 6.07) is 7.76. The number of nitrogens with zero attached hydrogens (tertiary/aromatic N) is 3. The van der Waals surface area contributed by atoms with E-state index in [0.29, 0.717) is 26.9 Å². The van der Waals surface area contributed by atoms with Gasteiger partial charge < -0.3 is 14.5 Å². The van der Waals surface area contributed by atoms with E-state index in [1.165, 1.54) is 26.0 Å². The summed E-state index contributed by atoms with van der Waals surface area (Å²) < 4.78 is 60.1. The molecule has 216 valence electrons. The monoisotopic (exact) mass is 574 g/mol. The zero-order valence-corrected chi connectivity index (χ0v) is 22.0. The fraction of sp³-hybridized carbons (Fsp3) is 0.333. The number of alkyl halides is 3. The van der Waals surface area contributed by atoms with Crippen LogP contribution in [0.15, 0.2) is 47.3 Å². The number of aromatic amines is 1. The third-order valence-corrected chi connectivity index (χ3v) is 6.70. The minimum Gasteiger partial charge on any atom is -0.466 e. The van der Waals surface area contributed by atoms with Gasteiger partial charge in [-0.05, 0) is 37.6 Å². The lowest BCUT2D eigenvalue weighted by molar-refractivity contribution is -0.144. The second-order valence-electron chi connectivity index (χ2n) is 9.47. The summed E-state index contributed by atoms with van der Waals surface area (Å²) >= 11 is 0. The molecule has 3 aromatic rings. The maximum absolute atomic E-state index is 15.0. The molecule has 41 heavy (non-hydrogen) atoms. The number of amides is 1. The Balaban J connectivity index is 1.69. The highest BCUT2D eigenvalue weighted by atomic mass is 19.4. The van der Waals surface area contributed by atoms with Gasteiger partial charge in [-0.3, -0.25) is 25.2 Å². The fourth-order valence-electron chi connectivity index (χ4n) is 4.83. The highest BCUT2D eigenvalue weighted by Gasteiger charge is 2.48. The van der Waals surface area contributed by atoms with Crippen LogP contribution >= 0.6 is 0 Å². The van der Waals surface area contributed by atoms with Crippen molar-refractivity contribution in [2.75, 3.05) is 13.2 Å². The van der Waals surface area contributed by atoms with Gasteiger partial charge >= 0.3 is 12.1 Å². The topological polar surface area (TPSA) is 143 Å². The summed E-state index contributed by atoms with van der Waals surface area (Å²) in [5, 5.41) is 23.5. The van der Waals surface area contributed by atoms with Crippen LogP contribution in [0.2, 0.25) is 0 Å². The standard InChI is InChI=1S/C27H26F4N6O4/c1-3-41-22(38)12-21-23(32)37(26(33)27(29,30)31)14(2)13-36(21)25(40)18-10-15(8-9-19(18)28)11-20-16-6-4-5-7-17(16)24(39)35-34-20/h4-10,14,21,32-33H,3,11-13H2,1-2H3,(H,35,39).